The summed E-state index contributed by atoms with van der Waals surface area (Å²) in [6.07, 6.45) is 2.59. The molecule has 3 heteroatoms. The molecule has 0 saturated carbocycles. The summed E-state index contributed by atoms with van der Waals surface area (Å²) in [6, 6.07) is 4.80. The Morgan fingerprint density at radius 1 is 1.47 bits per heavy atom. The maximum absolute atomic E-state index is 4.44. The summed E-state index contributed by atoms with van der Waals surface area (Å²) in [5.74, 6) is 0. The fourth-order valence-electron chi connectivity index (χ4n) is 2.04. The summed E-state index contributed by atoms with van der Waals surface area (Å²) in [6.45, 7) is 6.25. The lowest BCUT2D eigenvalue weighted by Gasteiger charge is -2.14. The van der Waals surface area contributed by atoms with Crippen LogP contribution in [0.5, 0.6) is 0 Å². The van der Waals surface area contributed by atoms with Crippen molar-refractivity contribution < 1.29 is 0 Å². The Balaban J connectivity index is 1.92. The third kappa shape index (κ3) is 2.69. The predicted octanol–water partition coefficient (Wildman–Crippen LogP) is 1.86. The van der Waals surface area contributed by atoms with Crippen molar-refractivity contribution in [2.45, 2.75) is 32.7 Å². The quantitative estimate of drug-likeness (QED) is 0.791. The zero-order valence-corrected chi connectivity index (χ0v) is 9.51. The van der Waals surface area contributed by atoms with Crippen LogP contribution in [0.3, 0.4) is 0 Å². The molecule has 1 aliphatic rings. The molecule has 2 N–H and O–H groups in total. The van der Waals surface area contributed by atoms with Gasteiger partial charge in [0.2, 0.25) is 0 Å². The van der Waals surface area contributed by atoms with Gasteiger partial charge in [0.15, 0.2) is 0 Å². The van der Waals surface area contributed by atoms with Crippen molar-refractivity contribution in [1.82, 2.24) is 10.3 Å². The largest absolute Gasteiger partial charge is 0.382 e. The lowest BCUT2D eigenvalue weighted by atomic mass is 10.2. The van der Waals surface area contributed by atoms with Crippen molar-refractivity contribution in [3.63, 3.8) is 0 Å². The van der Waals surface area contributed by atoms with Crippen molar-refractivity contribution in [1.29, 1.82) is 0 Å². The third-order valence-corrected chi connectivity index (χ3v) is 2.93. The summed E-state index contributed by atoms with van der Waals surface area (Å²) >= 11 is 0. The Morgan fingerprint density at radius 2 is 2.33 bits per heavy atom. The topological polar surface area (TPSA) is 37.0 Å². The molecule has 0 spiro atoms. The lowest BCUT2D eigenvalue weighted by Crippen LogP contribution is -2.29. The minimum absolute atomic E-state index is 0.630. The minimum atomic E-state index is 0.630. The van der Waals surface area contributed by atoms with Gasteiger partial charge in [-0.15, -0.1) is 0 Å². The molecule has 1 aromatic heterocycles. The van der Waals surface area contributed by atoms with E-state index < -0.39 is 0 Å². The fraction of sp³-hybridized carbons (Fsp3) is 0.583. The van der Waals surface area contributed by atoms with Gasteiger partial charge in [-0.2, -0.15) is 0 Å². The van der Waals surface area contributed by atoms with Gasteiger partial charge in [-0.25, -0.2) is 0 Å². The molecule has 0 aromatic carbocycles. The molecule has 1 aromatic rings. The highest BCUT2D eigenvalue weighted by Crippen LogP contribution is 2.13. The van der Waals surface area contributed by atoms with Gasteiger partial charge in [-0.1, -0.05) is 0 Å². The first-order chi connectivity index (χ1) is 7.25. The van der Waals surface area contributed by atoms with E-state index in [0.717, 1.165) is 30.2 Å². The number of pyridine rings is 1. The first-order valence-electron chi connectivity index (χ1n) is 5.67. The summed E-state index contributed by atoms with van der Waals surface area (Å²) in [7, 11) is 0. The van der Waals surface area contributed by atoms with Crippen LogP contribution in [0.2, 0.25) is 0 Å². The van der Waals surface area contributed by atoms with Crippen molar-refractivity contribution in [2.24, 2.45) is 0 Å². The maximum atomic E-state index is 4.44. The van der Waals surface area contributed by atoms with E-state index in [0.29, 0.717) is 6.04 Å². The highest BCUT2D eigenvalue weighted by atomic mass is 15.0. The molecule has 3 nitrogen and oxygen atoms in total. The zero-order chi connectivity index (χ0) is 10.7. The van der Waals surface area contributed by atoms with Crippen LogP contribution in [0.4, 0.5) is 5.69 Å². The van der Waals surface area contributed by atoms with Crippen LogP contribution in [0.15, 0.2) is 12.1 Å². The standard InChI is InChI=1S/C12H19N3/c1-9-5-6-12(10(2)15-9)14-8-11-4-3-7-13-11/h5-6,11,13-14H,3-4,7-8H2,1-2H3. The van der Waals surface area contributed by atoms with Crippen LogP contribution in [0.1, 0.15) is 24.2 Å². The van der Waals surface area contributed by atoms with E-state index >= 15 is 0 Å². The molecule has 1 atom stereocenters. The van der Waals surface area contributed by atoms with E-state index in [4.69, 9.17) is 0 Å². The number of aromatic nitrogens is 1. The average Bonchev–Trinajstić information content (AvgIpc) is 2.69. The van der Waals surface area contributed by atoms with E-state index in [9.17, 15) is 0 Å². The van der Waals surface area contributed by atoms with E-state index in [1.54, 1.807) is 0 Å². The van der Waals surface area contributed by atoms with Crippen LogP contribution in [0.25, 0.3) is 0 Å². The van der Waals surface area contributed by atoms with E-state index in [-0.39, 0.29) is 0 Å². The minimum Gasteiger partial charge on any atom is -0.382 e. The number of nitrogens with zero attached hydrogens (tertiary/aromatic N) is 1. The molecule has 1 saturated heterocycles. The summed E-state index contributed by atoms with van der Waals surface area (Å²) in [4.78, 5) is 4.44. The van der Waals surface area contributed by atoms with E-state index in [2.05, 4.69) is 34.7 Å². The molecule has 0 radical (unpaired) electrons. The van der Waals surface area contributed by atoms with Gasteiger partial charge >= 0.3 is 0 Å². The first-order valence-corrected chi connectivity index (χ1v) is 5.67. The molecule has 1 aliphatic heterocycles. The van der Waals surface area contributed by atoms with Gasteiger partial charge in [0, 0.05) is 18.3 Å². The van der Waals surface area contributed by atoms with Crippen molar-refractivity contribution >= 4 is 5.69 Å². The lowest BCUT2D eigenvalue weighted by molar-refractivity contribution is 0.633. The zero-order valence-electron chi connectivity index (χ0n) is 9.51. The second kappa shape index (κ2) is 4.62. The summed E-state index contributed by atoms with van der Waals surface area (Å²) < 4.78 is 0. The number of aryl methyl sites for hydroxylation is 2. The third-order valence-electron chi connectivity index (χ3n) is 2.93. The highest BCUT2D eigenvalue weighted by molar-refractivity contribution is 5.47. The Bertz CT molecular complexity index is 330. The van der Waals surface area contributed by atoms with Gasteiger partial charge in [0.05, 0.1) is 11.4 Å². The fourth-order valence-corrected chi connectivity index (χ4v) is 2.04. The molecular weight excluding hydrogens is 186 g/mol. The van der Waals surface area contributed by atoms with E-state index in [1.165, 1.54) is 12.8 Å². The van der Waals surface area contributed by atoms with Gasteiger partial charge in [-0.05, 0) is 45.4 Å². The Hall–Kier alpha value is -1.09. The molecule has 2 heterocycles. The van der Waals surface area contributed by atoms with E-state index in [1.807, 2.05) is 6.92 Å². The van der Waals surface area contributed by atoms with Gasteiger partial charge < -0.3 is 10.6 Å². The second-order valence-corrected chi connectivity index (χ2v) is 4.26. The Kier molecular flexibility index (Phi) is 3.21. The maximum Gasteiger partial charge on any atom is 0.0606 e. The Morgan fingerprint density at radius 3 is 3.00 bits per heavy atom. The van der Waals surface area contributed by atoms with Crippen LogP contribution in [-0.4, -0.2) is 24.1 Å². The highest BCUT2D eigenvalue weighted by Gasteiger charge is 2.13. The monoisotopic (exact) mass is 205 g/mol. The molecule has 2 rings (SSSR count). The first kappa shape index (κ1) is 10.4. The number of rotatable bonds is 3. The normalized spacial score (nSPS) is 20.5. The van der Waals surface area contributed by atoms with Gasteiger partial charge in [-0.3, -0.25) is 4.98 Å². The number of hydrogen-bond acceptors (Lipinski definition) is 3. The van der Waals surface area contributed by atoms with Gasteiger partial charge in [0.1, 0.15) is 0 Å². The Labute approximate surface area is 91.3 Å². The molecule has 0 amide bonds. The van der Waals surface area contributed by atoms with Crippen molar-refractivity contribution in [3.05, 3.63) is 23.5 Å². The number of hydrogen-bond donors (Lipinski definition) is 2. The van der Waals surface area contributed by atoms with Crippen LogP contribution < -0.4 is 10.6 Å². The second-order valence-electron chi connectivity index (χ2n) is 4.26. The molecule has 0 bridgehead atoms. The van der Waals surface area contributed by atoms with Crippen molar-refractivity contribution in [3.8, 4) is 0 Å². The number of anilines is 1. The smallest absolute Gasteiger partial charge is 0.0606 e. The summed E-state index contributed by atoms with van der Waals surface area (Å²) in [5, 5.41) is 6.93. The van der Waals surface area contributed by atoms with Crippen LogP contribution in [0, 0.1) is 13.8 Å². The van der Waals surface area contributed by atoms with Crippen LogP contribution >= 0.6 is 0 Å². The number of nitrogens with one attached hydrogen (secondary N) is 2. The molecule has 1 unspecified atom stereocenters. The SMILES string of the molecule is Cc1ccc(NCC2CCCN2)c(C)n1. The van der Waals surface area contributed by atoms with Gasteiger partial charge in [0.25, 0.3) is 0 Å². The van der Waals surface area contributed by atoms with Crippen LogP contribution in [-0.2, 0) is 0 Å². The summed E-state index contributed by atoms with van der Waals surface area (Å²) in [5.41, 5.74) is 3.33. The molecule has 0 aliphatic carbocycles. The molecular formula is C12H19N3. The molecule has 82 valence electrons. The average molecular weight is 205 g/mol. The molecule has 1 fully saturated rings. The van der Waals surface area contributed by atoms with Crippen molar-refractivity contribution in [2.75, 3.05) is 18.4 Å². The molecule has 15 heavy (non-hydrogen) atoms. The predicted molar refractivity (Wildman–Crippen MR) is 63.2 cm³/mol.